The Morgan fingerprint density at radius 2 is 2.60 bits per heavy atom. The van der Waals surface area contributed by atoms with Gasteiger partial charge in [0, 0.05) is 24.9 Å². The van der Waals surface area contributed by atoms with E-state index in [0.29, 0.717) is 0 Å². The normalized spacial score (nSPS) is 16.9. The smallest absolute Gasteiger partial charge is 0.149 e. The number of likely N-dealkylation sites (N-methyl/N-ethyl adjacent to an activating group) is 1. The molecule has 1 rings (SSSR count). The van der Waals surface area contributed by atoms with Crippen LogP contribution in [0.3, 0.4) is 0 Å². The van der Waals surface area contributed by atoms with Gasteiger partial charge in [0.1, 0.15) is 6.29 Å². The van der Waals surface area contributed by atoms with Gasteiger partial charge in [-0.15, -0.1) is 0 Å². The molecule has 0 aromatic heterocycles. The first kappa shape index (κ1) is 7.06. The van der Waals surface area contributed by atoms with E-state index in [-0.39, 0.29) is 0 Å². The summed E-state index contributed by atoms with van der Waals surface area (Å²) < 4.78 is 0. The molecule has 2 nitrogen and oxygen atoms in total. The van der Waals surface area contributed by atoms with Crippen LogP contribution in [0.1, 0.15) is 6.92 Å². The number of carbonyl (C=O) groups is 1. The Morgan fingerprint density at radius 3 is 3.00 bits per heavy atom. The van der Waals surface area contributed by atoms with E-state index in [0.717, 1.165) is 24.9 Å². The molecule has 0 radical (unpaired) electrons. The van der Waals surface area contributed by atoms with Gasteiger partial charge in [-0.25, -0.2) is 0 Å². The summed E-state index contributed by atoms with van der Waals surface area (Å²) in [5.41, 5.74) is 0.782. The lowest BCUT2D eigenvalue weighted by molar-refractivity contribution is -0.104. The molecule has 1 heterocycles. The maximum absolute atomic E-state index is 10.2. The molecule has 0 spiro atoms. The van der Waals surface area contributed by atoms with Crippen LogP contribution in [0.5, 0.6) is 0 Å². The zero-order valence-corrected chi connectivity index (χ0v) is 6.08. The molecule has 0 aromatic carbocycles. The highest BCUT2D eigenvalue weighted by Crippen LogP contribution is 2.03. The lowest BCUT2D eigenvalue weighted by Crippen LogP contribution is -2.19. The van der Waals surface area contributed by atoms with Crippen molar-refractivity contribution in [3.8, 4) is 0 Å². The van der Waals surface area contributed by atoms with Crippen molar-refractivity contribution in [3.05, 3.63) is 23.9 Å². The van der Waals surface area contributed by atoms with Crippen molar-refractivity contribution in [3.63, 3.8) is 0 Å². The highest BCUT2D eigenvalue weighted by Gasteiger charge is 1.99. The van der Waals surface area contributed by atoms with E-state index in [2.05, 4.69) is 11.8 Å². The van der Waals surface area contributed by atoms with Crippen LogP contribution in [0.25, 0.3) is 0 Å². The van der Waals surface area contributed by atoms with Gasteiger partial charge >= 0.3 is 0 Å². The minimum Gasteiger partial charge on any atom is -0.374 e. The Morgan fingerprint density at radius 1 is 1.80 bits per heavy atom. The Balaban J connectivity index is 2.54. The largest absolute Gasteiger partial charge is 0.374 e. The second kappa shape index (κ2) is 3.20. The molecule has 0 aromatic rings. The number of hydrogen-bond donors (Lipinski definition) is 0. The van der Waals surface area contributed by atoms with E-state index in [9.17, 15) is 4.79 Å². The summed E-state index contributed by atoms with van der Waals surface area (Å²) in [4.78, 5) is 12.3. The summed E-state index contributed by atoms with van der Waals surface area (Å²) in [6, 6.07) is 0. The fraction of sp³-hybridized carbons (Fsp3) is 0.375. The SMILES string of the molecule is CCN1C=CC(C=O)=CC1. The summed E-state index contributed by atoms with van der Waals surface area (Å²) >= 11 is 0. The highest BCUT2D eigenvalue weighted by atomic mass is 16.1. The lowest BCUT2D eigenvalue weighted by atomic mass is 10.2. The summed E-state index contributed by atoms with van der Waals surface area (Å²) in [7, 11) is 0. The Labute approximate surface area is 60.8 Å². The van der Waals surface area contributed by atoms with Gasteiger partial charge in [0.05, 0.1) is 0 Å². The third-order valence-corrected chi connectivity index (χ3v) is 1.58. The molecular weight excluding hydrogens is 126 g/mol. The van der Waals surface area contributed by atoms with Gasteiger partial charge in [-0.05, 0) is 13.0 Å². The van der Waals surface area contributed by atoms with Crippen molar-refractivity contribution < 1.29 is 4.79 Å². The topological polar surface area (TPSA) is 20.3 Å². The van der Waals surface area contributed by atoms with Crippen LogP contribution in [0.2, 0.25) is 0 Å². The molecule has 2 heteroatoms. The molecule has 54 valence electrons. The van der Waals surface area contributed by atoms with E-state index < -0.39 is 0 Å². The summed E-state index contributed by atoms with van der Waals surface area (Å²) in [6.07, 6.45) is 6.59. The van der Waals surface area contributed by atoms with E-state index in [4.69, 9.17) is 0 Å². The van der Waals surface area contributed by atoms with Gasteiger partial charge in [-0.1, -0.05) is 6.08 Å². The molecule has 0 N–H and O–H groups in total. The molecule has 1 aliphatic rings. The Bertz CT molecular complexity index is 182. The van der Waals surface area contributed by atoms with Gasteiger partial charge in [0.25, 0.3) is 0 Å². The second-order valence-corrected chi connectivity index (χ2v) is 2.23. The highest BCUT2D eigenvalue weighted by molar-refractivity contribution is 5.77. The third kappa shape index (κ3) is 1.47. The number of carbonyl (C=O) groups excluding carboxylic acids is 1. The average Bonchev–Trinajstić information content (AvgIpc) is 2.05. The standard InChI is InChI=1S/C8H11NO/c1-2-9-5-3-8(7-10)4-6-9/h3-5,7H,2,6H2,1H3. The first-order valence-corrected chi connectivity index (χ1v) is 3.44. The third-order valence-electron chi connectivity index (χ3n) is 1.58. The van der Waals surface area contributed by atoms with Crippen LogP contribution >= 0.6 is 0 Å². The van der Waals surface area contributed by atoms with Crippen LogP contribution < -0.4 is 0 Å². The van der Waals surface area contributed by atoms with Crippen molar-refractivity contribution in [2.75, 3.05) is 13.1 Å². The fourth-order valence-electron chi connectivity index (χ4n) is 0.865. The number of allylic oxidation sites excluding steroid dienone is 2. The summed E-state index contributed by atoms with van der Waals surface area (Å²) in [5, 5.41) is 0. The van der Waals surface area contributed by atoms with Gasteiger partial charge in [-0.3, -0.25) is 4.79 Å². The molecular formula is C8H11NO. The number of aldehydes is 1. The van der Waals surface area contributed by atoms with Crippen molar-refractivity contribution in [2.45, 2.75) is 6.92 Å². The number of rotatable bonds is 2. The molecule has 0 fully saturated rings. The fourth-order valence-corrected chi connectivity index (χ4v) is 0.865. The Hall–Kier alpha value is -1.05. The first-order chi connectivity index (χ1) is 4.86. The second-order valence-electron chi connectivity index (χ2n) is 2.23. The van der Waals surface area contributed by atoms with E-state index in [1.807, 2.05) is 18.4 Å². The summed E-state index contributed by atoms with van der Waals surface area (Å²) in [5.74, 6) is 0. The van der Waals surface area contributed by atoms with Crippen LogP contribution in [-0.2, 0) is 4.79 Å². The van der Waals surface area contributed by atoms with Gasteiger partial charge in [0.2, 0.25) is 0 Å². The molecule has 0 aliphatic carbocycles. The Kier molecular flexibility index (Phi) is 2.26. The molecule has 0 unspecified atom stereocenters. The number of nitrogens with zero attached hydrogens (tertiary/aromatic N) is 1. The zero-order valence-electron chi connectivity index (χ0n) is 6.08. The van der Waals surface area contributed by atoms with Gasteiger partial charge < -0.3 is 4.90 Å². The van der Waals surface area contributed by atoms with Crippen LogP contribution in [-0.4, -0.2) is 24.3 Å². The molecule has 0 atom stereocenters. The molecule has 0 saturated carbocycles. The molecule has 0 bridgehead atoms. The quantitative estimate of drug-likeness (QED) is 0.528. The van der Waals surface area contributed by atoms with Crippen LogP contribution in [0, 0.1) is 0 Å². The molecule has 1 aliphatic heterocycles. The molecule has 0 saturated heterocycles. The minimum atomic E-state index is 0.782. The summed E-state index contributed by atoms with van der Waals surface area (Å²) in [6.45, 7) is 3.95. The molecule has 0 amide bonds. The maximum Gasteiger partial charge on any atom is 0.149 e. The van der Waals surface area contributed by atoms with Crippen molar-refractivity contribution >= 4 is 6.29 Å². The van der Waals surface area contributed by atoms with Crippen molar-refractivity contribution in [1.29, 1.82) is 0 Å². The van der Waals surface area contributed by atoms with E-state index in [1.165, 1.54) is 0 Å². The maximum atomic E-state index is 10.2. The predicted molar refractivity (Wildman–Crippen MR) is 40.5 cm³/mol. The predicted octanol–water partition coefficient (Wildman–Crippen LogP) is 0.961. The average molecular weight is 137 g/mol. The molecule has 10 heavy (non-hydrogen) atoms. The van der Waals surface area contributed by atoms with E-state index in [1.54, 1.807) is 0 Å². The van der Waals surface area contributed by atoms with Crippen molar-refractivity contribution in [1.82, 2.24) is 4.90 Å². The van der Waals surface area contributed by atoms with Crippen LogP contribution in [0.4, 0.5) is 0 Å². The first-order valence-electron chi connectivity index (χ1n) is 3.44. The van der Waals surface area contributed by atoms with Crippen LogP contribution in [0.15, 0.2) is 23.9 Å². The number of hydrogen-bond acceptors (Lipinski definition) is 2. The lowest BCUT2D eigenvalue weighted by Gasteiger charge is -2.18. The minimum absolute atomic E-state index is 0.782. The van der Waals surface area contributed by atoms with Gasteiger partial charge in [-0.2, -0.15) is 0 Å². The van der Waals surface area contributed by atoms with Gasteiger partial charge in [0.15, 0.2) is 0 Å². The van der Waals surface area contributed by atoms with E-state index >= 15 is 0 Å². The zero-order chi connectivity index (χ0) is 7.40. The monoisotopic (exact) mass is 137 g/mol. The van der Waals surface area contributed by atoms with Crippen molar-refractivity contribution in [2.24, 2.45) is 0 Å².